The maximum absolute atomic E-state index is 12.0. The highest BCUT2D eigenvalue weighted by molar-refractivity contribution is 5.85. The van der Waals surface area contributed by atoms with Crippen molar-refractivity contribution >= 4 is 5.78 Å². The fraction of sp³-hybridized carbons (Fsp3) is 0.833. The average molecular weight is 193 g/mol. The first-order valence-corrected chi connectivity index (χ1v) is 5.54. The van der Waals surface area contributed by atoms with Crippen LogP contribution in [-0.4, -0.2) is 5.78 Å². The monoisotopic (exact) mass is 193 g/mol. The van der Waals surface area contributed by atoms with Crippen molar-refractivity contribution in [1.82, 2.24) is 0 Å². The maximum Gasteiger partial charge on any atom is 0.139 e. The van der Waals surface area contributed by atoms with Crippen molar-refractivity contribution in [1.29, 1.82) is 5.26 Å². The Morgan fingerprint density at radius 2 is 2.21 bits per heavy atom. The van der Waals surface area contributed by atoms with Crippen LogP contribution in [0.1, 0.15) is 52.4 Å². The zero-order chi connectivity index (χ0) is 10.6. The molecular formula is C12H19NO. The minimum absolute atomic E-state index is 0.173. The van der Waals surface area contributed by atoms with Gasteiger partial charge in [-0.1, -0.05) is 20.3 Å². The Morgan fingerprint density at radius 3 is 2.71 bits per heavy atom. The van der Waals surface area contributed by atoms with Crippen LogP contribution in [0.25, 0.3) is 0 Å². The van der Waals surface area contributed by atoms with Gasteiger partial charge in [0.25, 0.3) is 0 Å². The van der Waals surface area contributed by atoms with Crippen molar-refractivity contribution in [3.63, 3.8) is 0 Å². The summed E-state index contributed by atoms with van der Waals surface area (Å²) < 4.78 is 0. The number of rotatable bonds is 3. The minimum atomic E-state index is -0.173. The van der Waals surface area contributed by atoms with Gasteiger partial charge in [-0.05, 0) is 25.2 Å². The number of nitriles is 1. The van der Waals surface area contributed by atoms with E-state index in [9.17, 15) is 4.79 Å². The lowest BCUT2D eigenvalue weighted by Gasteiger charge is -2.39. The van der Waals surface area contributed by atoms with Gasteiger partial charge < -0.3 is 0 Å². The number of carbonyl (C=O) groups is 1. The molecule has 0 aromatic rings. The molecule has 0 aliphatic heterocycles. The van der Waals surface area contributed by atoms with Crippen molar-refractivity contribution < 1.29 is 4.79 Å². The van der Waals surface area contributed by atoms with Crippen molar-refractivity contribution in [2.45, 2.75) is 52.4 Å². The Balaban J connectivity index is 2.79. The normalized spacial score (nSPS) is 27.7. The predicted molar refractivity (Wildman–Crippen MR) is 55.6 cm³/mol. The first kappa shape index (κ1) is 11.2. The highest BCUT2D eigenvalue weighted by atomic mass is 16.1. The Bertz CT molecular complexity index is 252. The van der Waals surface area contributed by atoms with E-state index in [1.807, 2.05) is 0 Å². The highest BCUT2D eigenvalue weighted by Gasteiger charge is 2.41. The average Bonchev–Trinajstić information content (AvgIpc) is 2.16. The number of carbonyl (C=O) groups excluding carboxylic acids is 1. The summed E-state index contributed by atoms with van der Waals surface area (Å²) >= 11 is 0. The number of nitrogens with zero attached hydrogens (tertiary/aromatic N) is 1. The molecule has 1 unspecified atom stereocenters. The summed E-state index contributed by atoms with van der Waals surface area (Å²) in [6.45, 7) is 4.22. The van der Waals surface area contributed by atoms with Crippen molar-refractivity contribution in [2.24, 2.45) is 11.3 Å². The molecule has 0 aromatic carbocycles. The molecule has 1 aliphatic rings. The lowest BCUT2D eigenvalue weighted by Crippen LogP contribution is -2.38. The van der Waals surface area contributed by atoms with E-state index in [4.69, 9.17) is 5.26 Å². The van der Waals surface area contributed by atoms with Gasteiger partial charge in [0.05, 0.1) is 6.07 Å². The largest absolute Gasteiger partial charge is 0.299 e. The Labute approximate surface area is 86.3 Å². The van der Waals surface area contributed by atoms with E-state index in [1.165, 1.54) is 0 Å². The highest BCUT2D eigenvalue weighted by Crippen LogP contribution is 2.43. The van der Waals surface area contributed by atoms with Crippen LogP contribution in [0.4, 0.5) is 0 Å². The van der Waals surface area contributed by atoms with Crippen LogP contribution in [0.5, 0.6) is 0 Å². The van der Waals surface area contributed by atoms with E-state index < -0.39 is 0 Å². The van der Waals surface area contributed by atoms with Gasteiger partial charge >= 0.3 is 0 Å². The number of ketones is 1. The molecule has 1 fully saturated rings. The smallest absolute Gasteiger partial charge is 0.139 e. The van der Waals surface area contributed by atoms with E-state index in [0.29, 0.717) is 18.1 Å². The van der Waals surface area contributed by atoms with Crippen LogP contribution in [0.2, 0.25) is 0 Å². The van der Waals surface area contributed by atoms with E-state index >= 15 is 0 Å². The van der Waals surface area contributed by atoms with Crippen LogP contribution >= 0.6 is 0 Å². The molecule has 0 saturated heterocycles. The molecule has 0 spiro atoms. The summed E-state index contributed by atoms with van der Waals surface area (Å²) in [7, 11) is 0. The molecule has 0 bridgehead atoms. The van der Waals surface area contributed by atoms with Crippen LogP contribution < -0.4 is 0 Å². The zero-order valence-corrected chi connectivity index (χ0v) is 9.18. The quantitative estimate of drug-likeness (QED) is 0.691. The second kappa shape index (κ2) is 4.59. The summed E-state index contributed by atoms with van der Waals surface area (Å²) in [5.41, 5.74) is -0.173. The fourth-order valence-corrected chi connectivity index (χ4v) is 2.56. The molecule has 1 rings (SSSR count). The molecule has 1 saturated carbocycles. The van der Waals surface area contributed by atoms with Gasteiger partial charge in [-0.25, -0.2) is 0 Å². The molecule has 2 heteroatoms. The third kappa shape index (κ3) is 1.97. The molecular weight excluding hydrogens is 174 g/mol. The molecule has 0 aromatic heterocycles. The molecule has 2 nitrogen and oxygen atoms in total. The molecule has 1 aliphatic carbocycles. The number of hydrogen-bond donors (Lipinski definition) is 0. The second-order valence-electron chi connectivity index (χ2n) is 4.60. The predicted octanol–water partition coefficient (Wildman–Crippen LogP) is 3.08. The molecule has 0 amide bonds. The van der Waals surface area contributed by atoms with Gasteiger partial charge in [-0.3, -0.25) is 4.79 Å². The number of Topliss-reactive ketones (excluding diaryl/α,β-unsaturated/α-hetero) is 1. The van der Waals surface area contributed by atoms with Crippen molar-refractivity contribution in [2.75, 3.05) is 0 Å². The van der Waals surface area contributed by atoms with Gasteiger partial charge in [-0.2, -0.15) is 5.26 Å². The summed E-state index contributed by atoms with van der Waals surface area (Å²) in [6, 6.07) is 2.16. The Kier molecular flexibility index (Phi) is 3.69. The third-order valence-electron chi connectivity index (χ3n) is 3.62. The lowest BCUT2D eigenvalue weighted by molar-refractivity contribution is -0.134. The van der Waals surface area contributed by atoms with E-state index in [2.05, 4.69) is 19.9 Å². The lowest BCUT2D eigenvalue weighted by atomic mass is 9.64. The van der Waals surface area contributed by atoms with E-state index in [1.54, 1.807) is 0 Å². The SMILES string of the molecule is CC(C)C1(CCC#N)CCCCC1=O. The third-order valence-corrected chi connectivity index (χ3v) is 3.62. The standard InChI is InChI=1S/C12H19NO/c1-10(2)12(8-5-9-13)7-4-3-6-11(12)14/h10H,3-8H2,1-2H3. The van der Waals surface area contributed by atoms with Crippen LogP contribution in [0, 0.1) is 22.7 Å². The number of hydrogen-bond acceptors (Lipinski definition) is 2. The van der Waals surface area contributed by atoms with Gasteiger partial charge in [0.1, 0.15) is 5.78 Å². The Hall–Kier alpha value is -0.840. The van der Waals surface area contributed by atoms with Gasteiger partial charge in [-0.15, -0.1) is 0 Å². The minimum Gasteiger partial charge on any atom is -0.299 e. The molecule has 1 atom stereocenters. The molecule has 78 valence electrons. The first-order valence-electron chi connectivity index (χ1n) is 5.54. The van der Waals surface area contributed by atoms with Crippen molar-refractivity contribution in [3.8, 4) is 6.07 Å². The van der Waals surface area contributed by atoms with Gasteiger partial charge in [0, 0.05) is 18.3 Å². The summed E-state index contributed by atoms with van der Waals surface area (Å²) in [5, 5.41) is 8.62. The van der Waals surface area contributed by atoms with Crippen molar-refractivity contribution in [3.05, 3.63) is 0 Å². The summed E-state index contributed by atoms with van der Waals surface area (Å²) in [5.74, 6) is 0.776. The summed E-state index contributed by atoms with van der Waals surface area (Å²) in [4.78, 5) is 12.0. The molecule has 0 N–H and O–H groups in total. The molecule has 0 radical (unpaired) electrons. The fourth-order valence-electron chi connectivity index (χ4n) is 2.56. The van der Waals surface area contributed by atoms with Crippen LogP contribution in [0.3, 0.4) is 0 Å². The Morgan fingerprint density at radius 1 is 1.50 bits per heavy atom. The second-order valence-corrected chi connectivity index (χ2v) is 4.60. The first-order chi connectivity index (χ1) is 6.63. The van der Waals surface area contributed by atoms with Crippen LogP contribution in [-0.2, 0) is 4.79 Å². The molecule has 0 heterocycles. The summed E-state index contributed by atoms with van der Waals surface area (Å²) in [6.07, 6.45) is 5.19. The van der Waals surface area contributed by atoms with Gasteiger partial charge in [0.2, 0.25) is 0 Å². The maximum atomic E-state index is 12.0. The zero-order valence-electron chi connectivity index (χ0n) is 9.18. The topological polar surface area (TPSA) is 40.9 Å². The molecule has 14 heavy (non-hydrogen) atoms. The van der Waals surface area contributed by atoms with Crippen LogP contribution in [0.15, 0.2) is 0 Å². The van der Waals surface area contributed by atoms with Gasteiger partial charge in [0.15, 0.2) is 0 Å². The van der Waals surface area contributed by atoms with E-state index in [0.717, 1.165) is 32.1 Å². The van der Waals surface area contributed by atoms with E-state index in [-0.39, 0.29) is 5.41 Å².